The molecule has 2 aliphatic heterocycles. The highest BCUT2D eigenvalue weighted by atomic mass is 127. The lowest BCUT2D eigenvalue weighted by Gasteiger charge is -2.34. The van der Waals surface area contributed by atoms with Crippen LogP contribution >= 0.6 is 24.0 Å². The van der Waals surface area contributed by atoms with Gasteiger partial charge in [0.05, 0.1) is 6.61 Å². The van der Waals surface area contributed by atoms with E-state index in [1.807, 2.05) is 0 Å². The predicted octanol–water partition coefficient (Wildman–Crippen LogP) is 1.93. The van der Waals surface area contributed by atoms with Crippen molar-refractivity contribution >= 4 is 35.8 Å². The van der Waals surface area contributed by atoms with Gasteiger partial charge in [0.15, 0.2) is 5.96 Å². The summed E-state index contributed by atoms with van der Waals surface area (Å²) < 4.78 is 5.47. The van der Waals surface area contributed by atoms with Crippen LogP contribution in [0.3, 0.4) is 0 Å². The third-order valence-electron chi connectivity index (χ3n) is 5.55. The van der Waals surface area contributed by atoms with Gasteiger partial charge in [-0.1, -0.05) is 30.3 Å². The van der Waals surface area contributed by atoms with Crippen LogP contribution in [0.5, 0.6) is 0 Å². The number of hydrogen-bond acceptors (Lipinski definition) is 4. The van der Waals surface area contributed by atoms with Crippen molar-refractivity contribution in [1.29, 1.82) is 0 Å². The summed E-state index contributed by atoms with van der Waals surface area (Å²) in [5.41, 5.74) is 1.35. The van der Waals surface area contributed by atoms with Crippen molar-refractivity contribution in [3.63, 3.8) is 0 Å². The fourth-order valence-electron chi connectivity index (χ4n) is 3.78. The Balaban J connectivity index is 0.00000320. The van der Waals surface area contributed by atoms with E-state index in [1.165, 1.54) is 5.56 Å². The third-order valence-corrected chi connectivity index (χ3v) is 5.55. The maximum Gasteiger partial charge on any atom is 0.243 e. The van der Waals surface area contributed by atoms with Crippen LogP contribution in [-0.4, -0.2) is 81.2 Å². The molecule has 168 valence electrons. The van der Waals surface area contributed by atoms with Crippen molar-refractivity contribution in [2.75, 3.05) is 53.5 Å². The first-order valence-corrected chi connectivity index (χ1v) is 10.7. The number of nitrogens with one attached hydrogen (secondary N) is 2. The molecule has 0 saturated carbocycles. The first-order chi connectivity index (χ1) is 14.1. The monoisotopic (exact) mass is 529 g/mol. The molecule has 0 aromatic heterocycles. The molecular weight excluding hydrogens is 493 g/mol. The summed E-state index contributed by atoms with van der Waals surface area (Å²) in [6.07, 6.45) is 3.34. The van der Waals surface area contributed by atoms with Crippen LogP contribution in [0, 0.1) is 5.92 Å². The highest BCUT2D eigenvalue weighted by molar-refractivity contribution is 14.0. The molecule has 2 heterocycles. The zero-order chi connectivity index (χ0) is 20.5. The minimum atomic E-state index is 0. The Morgan fingerprint density at radius 3 is 2.77 bits per heavy atom. The molecule has 1 aromatic rings. The Kier molecular flexibility index (Phi) is 10.9. The van der Waals surface area contributed by atoms with E-state index >= 15 is 0 Å². The first kappa shape index (κ1) is 24.9. The molecule has 0 aliphatic carbocycles. The van der Waals surface area contributed by atoms with Gasteiger partial charge in [-0.3, -0.25) is 9.69 Å². The van der Waals surface area contributed by atoms with Gasteiger partial charge < -0.3 is 20.3 Å². The van der Waals surface area contributed by atoms with Gasteiger partial charge in [0.2, 0.25) is 5.91 Å². The number of aliphatic imine (C=N–C) groups is 1. The second kappa shape index (κ2) is 13.1. The summed E-state index contributed by atoms with van der Waals surface area (Å²) >= 11 is 0. The fourth-order valence-corrected chi connectivity index (χ4v) is 3.78. The summed E-state index contributed by atoms with van der Waals surface area (Å²) in [5, 5.41) is 7.01. The number of halogens is 1. The molecule has 0 spiro atoms. The molecule has 0 bridgehead atoms. The van der Waals surface area contributed by atoms with Gasteiger partial charge >= 0.3 is 0 Å². The second-order valence-electron chi connectivity index (χ2n) is 8.27. The topological polar surface area (TPSA) is 69.2 Å². The van der Waals surface area contributed by atoms with Crippen molar-refractivity contribution < 1.29 is 9.53 Å². The molecule has 7 nitrogen and oxygen atoms in total. The first-order valence-electron chi connectivity index (χ1n) is 10.7. The molecule has 3 rings (SSSR count). The van der Waals surface area contributed by atoms with E-state index in [2.05, 4.69) is 50.9 Å². The van der Waals surface area contributed by atoms with E-state index in [1.54, 1.807) is 19.0 Å². The zero-order valence-corrected chi connectivity index (χ0v) is 20.5. The predicted molar refractivity (Wildman–Crippen MR) is 131 cm³/mol. The summed E-state index contributed by atoms with van der Waals surface area (Å²) in [4.78, 5) is 20.6. The van der Waals surface area contributed by atoms with Crippen LogP contribution in [0.2, 0.25) is 0 Å². The number of rotatable bonds is 7. The van der Waals surface area contributed by atoms with E-state index in [0.717, 1.165) is 64.6 Å². The SMILES string of the molecule is CN(C)C(=O)CN=C(NCC1CCOC1)NC1CCCN(Cc2ccccc2)C1.I. The molecule has 2 saturated heterocycles. The molecule has 2 atom stereocenters. The van der Waals surface area contributed by atoms with E-state index in [0.29, 0.717) is 12.0 Å². The normalized spacial score (nSPS) is 22.3. The number of hydrogen-bond donors (Lipinski definition) is 2. The van der Waals surface area contributed by atoms with E-state index in [-0.39, 0.29) is 36.4 Å². The van der Waals surface area contributed by atoms with Crippen molar-refractivity contribution in [1.82, 2.24) is 20.4 Å². The molecule has 1 aromatic carbocycles. The highest BCUT2D eigenvalue weighted by Crippen LogP contribution is 2.14. The standard InChI is InChI=1S/C22H35N5O2.HI/c1-26(2)21(28)14-24-22(23-13-19-10-12-29-17-19)25-20-9-6-11-27(16-20)15-18-7-4-3-5-8-18;/h3-5,7-8,19-20H,6,9-17H2,1-2H3,(H2,23,24,25);1H. The summed E-state index contributed by atoms with van der Waals surface area (Å²) in [5.74, 6) is 1.25. The van der Waals surface area contributed by atoms with Crippen molar-refractivity contribution in [3.05, 3.63) is 35.9 Å². The van der Waals surface area contributed by atoms with Gasteiger partial charge in [-0.15, -0.1) is 24.0 Å². The average molecular weight is 529 g/mol. The Labute approximate surface area is 197 Å². The highest BCUT2D eigenvalue weighted by Gasteiger charge is 2.22. The van der Waals surface area contributed by atoms with Crippen LogP contribution < -0.4 is 10.6 Å². The quantitative estimate of drug-likeness (QED) is 0.321. The Bertz CT molecular complexity index is 665. The summed E-state index contributed by atoms with van der Waals surface area (Å²) in [6.45, 7) is 5.67. The number of carbonyl (C=O) groups is 1. The fraction of sp³-hybridized carbons (Fsp3) is 0.636. The lowest BCUT2D eigenvalue weighted by Crippen LogP contribution is -2.51. The largest absolute Gasteiger partial charge is 0.381 e. The maximum absolute atomic E-state index is 12.0. The van der Waals surface area contributed by atoms with Gasteiger partial charge in [0, 0.05) is 52.3 Å². The molecule has 2 aliphatic rings. The molecule has 0 radical (unpaired) electrons. The number of likely N-dealkylation sites (N-methyl/N-ethyl adjacent to an activating group) is 1. The van der Waals surface area contributed by atoms with Crippen LogP contribution in [0.4, 0.5) is 0 Å². The number of benzene rings is 1. The van der Waals surface area contributed by atoms with Crippen LogP contribution in [0.15, 0.2) is 35.3 Å². The van der Waals surface area contributed by atoms with Gasteiger partial charge in [-0.25, -0.2) is 4.99 Å². The number of piperidine rings is 1. The summed E-state index contributed by atoms with van der Waals surface area (Å²) in [6, 6.07) is 10.9. The number of nitrogens with zero attached hydrogens (tertiary/aromatic N) is 3. The van der Waals surface area contributed by atoms with Crippen molar-refractivity contribution in [2.45, 2.75) is 31.8 Å². The minimum Gasteiger partial charge on any atom is -0.381 e. The Morgan fingerprint density at radius 1 is 1.27 bits per heavy atom. The lowest BCUT2D eigenvalue weighted by molar-refractivity contribution is -0.127. The number of carbonyl (C=O) groups excluding carboxylic acids is 1. The zero-order valence-electron chi connectivity index (χ0n) is 18.2. The van der Waals surface area contributed by atoms with Gasteiger partial charge in [-0.05, 0) is 31.4 Å². The molecule has 2 N–H and O–H groups in total. The number of guanidine groups is 1. The van der Waals surface area contributed by atoms with E-state index in [9.17, 15) is 4.79 Å². The van der Waals surface area contributed by atoms with Crippen LogP contribution in [0.25, 0.3) is 0 Å². The van der Waals surface area contributed by atoms with Crippen LogP contribution in [0.1, 0.15) is 24.8 Å². The number of ether oxygens (including phenoxy) is 1. The van der Waals surface area contributed by atoms with Crippen molar-refractivity contribution in [3.8, 4) is 0 Å². The van der Waals surface area contributed by atoms with Gasteiger partial charge in [0.1, 0.15) is 6.54 Å². The molecular formula is C22H36IN5O2. The van der Waals surface area contributed by atoms with E-state index < -0.39 is 0 Å². The lowest BCUT2D eigenvalue weighted by atomic mass is 10.0. The molecule has 30 heavy (non-hydrogen) atoms. The van der Waals surface area contributed by atoms with Crippen LogP contribution in [-0.2, 0) is 16.1 Å². The smallest absolute Gasteiger partial charge is 0.243 e. The number of amides is 1. The minimum absolute atomic E-state index is 0. The molecule has 2 fully saturated rings. The average Bonchev–Trinajstić information content (AvgIpc) is 3.24. The Hall–Kier alpha value is -1.39. The Morgan fingerprint density at radius 2 is 2.07 bits per heavy atom. The summed E-state index contributed by atoms with van der Waals surface area (Å²) in [7, 11) is 3.52. The molecule has 2 unspecified atom stereocenters. The third kappa shape index (κ3) is 8.39. The van der Waals surface area contributed by atoms with Crippen molar-refractivity contribution in [2.24, 2.45) is 10.9 Å². The van der Waals surface area contributed by atoms with E-state index in [4.69, 9.17) is 4.74 Å². The van der Waals surface area contributed by atoms with Gasteiger partial charge in [-0.2, -0.15) is 0 Å². The second-order valence-corrected chi connectivity index (χ2v) is 8.27. The maximum atomic E-state index is 12.0. The molecule has 8 heteroatoms. The molecule has 1 amide bonds. The van der Waals surface area contributed by atoms with Gasteiger partial charge in [0.25, 0.3) is 0 Å². The number of likely N-dealkylation sites (tertiary alicyclic amines) is 1.